The van der Waals surface area contributed by atoms with Crippen LogP contribution in [0.3, 0.4) is 0 Å². The maximum atomic E-state index is 11.2. The number of para-hydroxylation sites is 1. The predicted octanol–water partition coefficient (Wildman–Crippen LogP) is 3.48. The van der Waals surface area contributed by atoms with E-state index in [0.29, 0.717) is 22.9 Å². The molecule has 0 aliphatic rings. The highest BCUT2D eigenvalue weighted by molar-refractivity contribution is 6.30. The van der Waals surface area contributed by atoms with Crippen molar-refractivity contribution < 1.29 is 19.4 Å². The number of carbonyl (C=O) groups excluding carboxylic acids is 1. The molecule has 0 aliphatic carbocycles. The zero-order chi connectivity index (χ0) is 17.5. The predicted molar refractivity (Wildman–Crippen MR) is 91.7 cm³/mol. The maximum absolute atomic E-state index is 11.2. The van der Waals surface area contributed by atoms with Crippen LogP contribution in [0.5, 0.6) is 5.75 Å². The van der Waals surface area contributed by atoms with Crippen LogP contribution < -0.4 is 10.1 Å². The van der Waals surface area contributed by atoms with Gasteiger partial charge in [0.05, 0.1) is 0 Å². The minimum absolute atomic E-state index is 0.218. The lowest BCUT2D eigenvalue weighted by molar-refractivity contribution is -0.134. The summed E-state index contributed by atoms with van der Waals surface area (Å²) in [5.74, 6) is -1.17. The van der Waals surface area contributed by atoms with Crippen LogP contribution in [-0.4, -0.2) is 17.0 Å². The number of carbonyl (C=O) groups is 2. The Morgan fingerprint density at radius 3 is 2.46 bits per heavy atom. The lowest BCUT2D eigenvalue weighted by atomic mass is 10.1. The van der Waals surface area contributed by atoms with Gasteiger partial charge < -0.3 is 15.2 Å². The summed E-state index contributed by atoms with van der Waals surface area (Å²) < 4.78 is 5.76. The highest BCUT2D eigenvalue weighted by Crippen LogP contribution is 2.22. The van der Waals surface area contributed by atoms with Gasteiger partial charge in [-0.2, -0.15) is 0 Å². The molecule has 0 radical (unpaired) electrons. The Hall–Kier alpha value is -2.79. The molecule has 0 atom stereocenters. The van der Waals surface area contributed by atoms with Gasteiger partial charge >= 0.3 is 5.97 Å². The highest BCUT2D eigenvalue weighted by atomic mass is 35.5. The fourth-order valence-corrected chi connectivity index (χ4v) is 2.10. The molecule has 2 rings (SSSR count). The first-order chi connectivity index (χ1) is 11.5. The smallest absolute Gasteiger partial charge is 0.352 e. The molecule has 24 heavy (non-hydrogen) atoms. The van der Waals surface area contributed by atoms with E-state index in [1.165, 1.54) is 13.0 Å². The largest absolute Gasteiger partial charge is 0.488 e. The number of amides is 1. The van der Waals surface area contributed by atoms with Gasteiger partial charge in [-0.05, 0) is 29.8 Å². The molecule has 0 heterocycles. The van der Waals surface area contributed by atoms with Crippen LogP contribution in [0.2, 0.25) is 5.02 Å². The fraction of sp³-hybridized carbons (Fsp3) is 0.111. The molecule has 0 aliphatic heterocycles. The molecule has 6 heteroatoms. The summed E-state index contributed by atoms with van der Waals surface area (Å²) in [5.41, 5.74) is 1.26. The molecule has 0 bridgehead atoms. The zero-order valence-corrected chi connectivity index (χ0v) is 13.7. The molecule has 2 N–H and O–H groups in total. The lowest BCUT2D eigenvalue weighted by Gasteiger charge is -2.10. The molecule has 0 saturated carbocycles. The SMILES string of the molecule is CC(=O)N/C(=C/c1ccccc1OCc1ccc(Cl)cc1)C(=O)O. The normalized spacial score (nSPS) is 11.0. The van der Waals surface area contributed by atoms with E-state index in [2.05, 4.69) is 5.32 Å². The Morgan fingerprint density at radius 2 is 1.83 bits per heavy atom. The number of carboxylic acids is 1. The van der Waals surface area contributed by atoms with Crippen LogP contribution in [0.4, 0.5) is 0 Å². The molecular formula is C18H16ClNO4. The van der Waals surface area contributed by atoms with E-state index >= 15 is 0 Å². The molecule has 0 unspecified atom stereocenters. The van der Waals surface area contributed by atoms with Gasteiger partial charge in [-0.15, -0.1) is 0 Å². The second-order valence-corrected chi connectivity index (χ2v) is 5.43. The molecule has 2 aromatic rings. The zero-order valence-electron chi connectivity index (χ0n) is 13.0. The number of rotatable bonds is 6. The Balaban J connectivity index is 2.21. The molecule has 0 saturated heterocycles. The number of aliphatic carboxylic acids is 1. The van der Waals surface area contributed by atoms with Crippen molar-refractivity contribution in [2.75, 3.05) is 0 Å². The summed E-state index contributed by atoms with van der Waals surface area (Å²) in [6, 6.07) is 14.2. The van der Waals surface area contributed by atoms with Crippen LogP contribution in [0.25, 0.3) is 6.08 Å². The van der Waals surface area contributed by atoms with Crippen LogP contribution in [-0.2, 0) is 16.2 Å². The van der Waals surface area contributed by atoms with Crippen LogP contribution in [0, 0.1) is 0 Å². The third-order valence-corrected chi connectivity index (χ3v) is 3.32. The molecule has 124 valence electrons. The number of nitrogens with one attached hydrogen (secondary N) is 1. The van der Waals surface area contributed by atoms with Crippen LogP contribution in [0.1, 0.15) is 18.1 Å². The minimum Gasteiger partial charge on any atom is -0.488 e. The summed E-state index contributed by atoms with van der Waals surface area (Å²) >= 11 is 5.84. The van der Waals surface area contributed by atoms with E-state index in [4.69, 9.17) is 16.3 Å². The number of hydrogen-bond acceptors (Lipinski definition) is 3. The second-order valence-electron chi connectivity index (χ2n) is 5.00. The van der Waals surface area contributed by atoms with Gasteiger partial charge in [0, 0.05) is 17.5 Å². The molecule has 5 nitrogen and oxygen atoms in total. The second kappa shape index (κ2) is 8.17. The molecule has 2 aromatic carbocycles. The summed E-state index contributed by atoms with van der Waals surface area (Å²) in [6.45, 7) is 1.56. The van der Waals surface area contributed by atoms with Gasteiger partial charge in [0.25, 0.3) is 0 Å². The van der Waals surface area contributed by atoms with Crippen molar-refractivity contribution in [1.29, 1.82) is 0 Å². The van der Waals surface area contributed by atoms with Crippen molar-refractivity contribution in [1.82, 2.24) is 5.32 Å². The number of ether oxygens (including phenoxy) is 1. The van der Waals surface area contributed by atoms with Crippen molar-refractivity contribution >= 4 is 29.6 Å². The Kier molecular flexibility index (Phi) is 5.98. The van der Waals surface area contributed by atoms with Gasteiger partial charge in [-0.25, -0.2) is 4.79 Å². The standard InChI is InChI=1S/C18H16ClNO4/c1-12(21)20-16(18(22)23)10-14-4-2-3-5-17(14)24-11-13-6-8-15(19)9-7-13/h2-10H,11H2,1H3,(H,20,21)(H,22,23)/b16-10+. The van der Waals surface area contributed by atoms with Gasteiger partial charge in [0.15, 0.2) is 0 Å². The Bertz CT molecular complexity index is 769. The highest BCUT2D eigenvalue weighted by Gasteiger charge is 2.11. The quantitative estimate of drug-likeness (QED) is 0.786. The summed E-state index contributed by atoms with van der Waals surface area (Å²) in [7, 11) is 0. The summed E-state index contributed by atoms with van der Waals surface area (Å²) in [5, 5.41) is 12.1. The molecule has 1 amide bonds. The lowest BCUT2D eigenvalue weighted by Crippen LogP contribution is -2.24. The van der Waals surface area contributed by atoms with Crippen molar-refractivity contribution in [3.63, 3.8) is 0 Å². The van der Waals surface area contributed by atoms with Crippen molar-refractivity contribution in [2.45, 2.75) is 13.5 Å². The van der Waals surface area contributed by atoms with Gasteiger partial charge in [0.1, 0.15) is 18.1 Å². The third-order valence-electron chi connectivity index (χ3n) is 3.07. The van der Waals surface area contributed by atoms with Crippen LogP contribution >= 0.6 is 11.6 Å². The van der Waals surface area contributed by atoms with Crippen molar-refractivity contribution in [3.8, 4) is 5.75 Å². The van der Waals surface area contributed by atoms with Gasteiger partial charge in [-0.1, -0.05) is 41.9 Å². The molecule has 0 aromatic heterocycles. The van der Waals surface area contributed by atoms with E-state index in [-0.39, 0.29) is 5.70 Å². The molecule has 0 fully saturated rings. The first kappa shape index (κ1) is 17.6. The maximum Gasteiger partial charge on any atom is 0.352 e. The van der Waals surface area contributed by atoms with E-state index in [1.54, 1.807) is 36.4 Å². The Labute approximate surface area is 144 Å². The topological polar surface area (TPSA) is 75.6 Å². The molecule has 0 spiro atoms. The van der Waals surface area contributed by atoms with E-state index in [0.717, 1.165) is 5.56 Å². The van der Waals surface area contributed by atoms with Gasteiger partial charge in [0.2, 0.25) is 5.91 Å². The number of carboxylic acid groups (broad SMARTS) is 1. The third kappa shape index (κ3) is 5.14. The Morgan fingerprint density at radius 1 is 1.17 bits per heavy atom. The molecular weight excluding hydrogens is 330 g/mol. The van der Waals surface area contributed by atoms with Gasteiger partial charge in [-0.3, -0.25) is 4.79 Å². The average Bonchev–Trinajstić information content (AvgIpc) is 2.54. The first-order valence-electron chi connectivity index (χ1n) is 7.14. The van der Waals surface area contributed by atoms with E-state index < -0.39 is 11.9 Å². The van der Waals surface area contributed by atoms with E-state index in [1.807, 2.05) is 12.1 Å². The summed E-state index contributed by atoms with van der Waals surface area (Å²) in [6.07, 6.45) is 1.36. The minimum atomic E-state index is -1.22. The van der Waals surface area contributed by atoms with Crippen molar-refractivity contribution in [3.05, 3.63) is 70.4 Å². The van der Waals surface area contributed by atoms with Crippen LogP contribution in [0.15, 0.2) is 54.2 Å². The van der Waals surface area contributed by atoms with Crippen molar-refractivity contribution in [2.24, 2.45) is 0 Å². The monoisotopic (exact) mass is 345 g/mol. The number of halogens is 1. The summed E-state index contributed by atoms with van der Waals surface area (Å²) in [4.78, 5) is 22.3. The number of hydrogen-bond donors (Lipinski definition) is 2. The van der Waals surface area contributed by atoms with E-state index in [9.17, 15) is 14.7 Å². The first-order valence-corrected chi connectivity index (χ1v) is 7.52. The average molecular weight is 346 g/mol. The fourth-order valence-electron chi connectivity index (χ4n) is 1.97. The number of benzene rings is 2.